The third kappa shape index (κ3) is 6.99. The molecule has 0 aliphatic rings. The van der Waals surface area contributed by atoms with E-state index in [1.165, 1.54) is 36.6 Å². The molecule has 0 unspecified atom stereocenters. The number of carbonyl (C=O) groups is 1. The van der Waals surface area contributed by atoms with Crippen molar-refractivity contribution in [3.8, 4) is 22.4 Å². The molecule has 4 rings (SSSR count). The maximum Gasteiger partial charge on any atom is 0.155 e. The first-order valence-corrected chi connectivity index (χ1v) is 9.75. The number of benzene rings is 3. The van der Waals surface area contributed by atoms with E-state index in [1.54, 1.807) is 0 Å². The largest absolute Gasteiger partial charge is 0.512 e. The average molecular weight is 587 g/mol. The maximum absolute atomic E-state index is 10.0. The van der Waals surface area contributed by atoms with Gasteiger partial charge in [-0.15, -0.1) is 35.4 Å². The Morgan fingerprint density at radius 2 is 1.68 bits per heavy atom. The molecule has 3 aromatic carbocycles. The number of nitrogens with zero attached hydrogens (tertiary/aromatic N) is 1. The van der Waals surface area contributed by atoms with Gasteiger partial charge in [-0.05, 0) is 48.2 Å². The molecule has 0 amide bonds. The van der Waals surface area contributed by atoms with Gasteiger partial charge in [-0.1, -0.05) is 55.5 Å². The van der Waals surface area contributed by atoms with E-state index in [4.69, 9.17) is 10.1 Å². The number of hydrogen-bond acceptors (Lipinski definition) is 3. The smallest absolute Gasteiger partial charge is 0.155 e. The van der Waals surface area contributed by atoms with Gasteiger partial charge in [0, 0.05) is 26.2 Å². The summed E-state index contributed by atoms with van der Waals surface area (Å²) in [6, 6.07) is 30.5. The zero-order valence-corrected chi connectivity index (χ0v) is 20.1. The molecule has 159 valence electrons. The Kier molecular flexibility index (Phi) is 8.87. The number of hydrogen-bond donors (Lipinski definition) is 1. The summed E-state index contributed by atoms with van der Waals surface area (Å²) in [6.07, 6.45) is 1.17. The molecule has 0 bridgehead atoms. The van der Waals surface area contributed by atoms with Crippen LogP contribution in [0.3, 0.4) is 0 Å². The number of aryl methyl sites for hydroxylation is 1. The van der Waals surface area contributed by atoms with E-state index in [0.29, 0.717) is 0 Å². The molecule has 0 spiro atoms. The number of pyridine rings is 1. The molecule has 0 aliphatic carbocycles. The van der Waals surface area contributed by atoms with Crippen molar-refractivity contribution in [3.05, 3.63) is 102 Å². The summed E-state index contributed by atoms with van der Waals surface area (Å²) in [6.45, 7) is 4.92. The van der Waals surface area contributed by atoms with Gasteiger partial charge in [-0.25, -0.2) is 0 Å². The van der Waals surface area contributed by atoms with E-state index in [1.807, 2.05) is 12.1 Å². The molecular weight excluding hydrogens is 563 g/mol. The molecule has 3 nitrogen and oxygen atoms in total. The van der Waals surface area contributed by atoms with Gasteiger partial charge in [0.25, 0.3) is 0 Å². The maximum atomic E-state index is 10.0. The van der Waals surface area contributed by atoms with Crippen molar-refractivity contribution in [2.45, 2.75) is 20.8 Å². The van der Waals surface area contributed by atoms with Crippen LogP contribution < -0.4 is 0 Å². The van der Waals surface area contributed by atoms with Crippen molar-refractivity contribution < 1.29 is 30.0 Å². The van der Waals surface area contributed by atoms with Gasteiger partial charge < -0.3 is 5.11 Å². The van der Waals surface area contributed by atoms with Crippen LogP contribution in [0, 0.1) is 13.0 Å². The Morgan fingerprint density at radius 3 is 2.26 bits per heavy atom. The molecule has 0 aliphatic heterocycles. The van der Waals surface area contributed by atoms with Gasteiger partial charge in [0.15, 0.2) is 5.78 Å². The number of allylic oxidation sites excluding steroid dienone is 2. The molecule has 4 heteroatoms. The number of aromatic nitrogens is 1. The van der Waals surface area contributed by atoms with Crippen LogP contribution in [-0.4, -0.2) is 15.9 Å². The van der Waals surface area contributed by atoms with Crippen molar-refractivity contribution in [3.63, 3.8) is 0 Å². The number of fused-ring (bicyclic) bond motifs is 1. The van der Waals surface area contributed by atoms with Crippen LogP contribution in [0.5, 0.6) is 0 Å². The predicted octanol–water partition coefficient (Wildman–Crippen LogP) is 6.71. The van der Waals surface area contributed by atoms with Crippen molar-refractivity contribution >= 4 is 16.7 Å². The summed E-state index contributed by atoms with van der Waals surface area (Å²) >= 11 is 0. The third-order valence-corrected chi connectivity index (χ3v) is 4.45. The molecule has 31 heavy (non-hydrogen) atoms. The third-order valence-electron chi connectivity index (χ3n) is 4.45. The second kappa shape index (κ2) is 11.4. The van der Waals surface area contributed by atoms with Gasteiger partial charge in [0.1, 0.15) is 0 Å². The van der Waals surface area contributed by atoms with Crippen molar-refractivity contribution in [2.75, 3.05) is 0 Å². The van der Waals surface area contributed by atoms with E-state index in [9.17, 15) is 4.79 Å². The molecule has 0 saturated heterocycles. The van der Waals surface area contributed by atoms with Crippen LogP contribution in [0.2, 0.25) is 0 Å². The predicted molar refractivity (Wildman–Crippen MR) is 123 cm³/mol. The minimum Gasteiger partial charge on any atom is -0.512 e. The summed E-state index contributed by atoms with van der Waals surface area (Å²) < 4.78 is 0. The fourth-order valence-electron chi connectivity index (χ4n) is 3.04. The molecule has 1 heterocycles. The quantitative estimate of drug-likeness (QED) is 0.165. The first-order valence-electron chi connectivity index (χ1n) is 9.75. The van der Waals surface area contributed by atoms with E-state index >= 15 is 0 Å². The first-order chi connectivity index (χ1) is 14.4. The molecule has 0 fully saturated rings. The van der Waals surface area contributed by atoms with E-state index in [0.717, 1.165) is 22.2 Å². The Labute approximate surface area is 196 Å². The summed E-state index contributed by atoms with van der Waals surface area (Å²) in [5, 5.41) is 9.52. The Morgan fingerprint density at radius 1 is 0.935 bits per heavy atom. The number of aliphatic hydroxyl groups is 1. The van der Waals surface area contributed by atoms with E-state index in [-0.39, 0.29) is 31.6 Å². The van der Waals surface area contributed by atoms with Crippen LogP contribution in [0.1, 0.15) is 19.4 Å². The van der Waals surface area contributed by atoms with Crippen molar-refractivity contribution in [1.29, 1.82) is 0 Å². The van der Waals surface area contributed by atoms with Crippen LogP contribution in [0.25, 0.3) is 33.3 Å². The van der Waals surface area contributed by atoms with Crippen LogP contribution in [0.4, 0.5) is 0 Å². The molecule has 0 saturated carbocycles. The topological polar surface area (TPSA) is 50.2 Å². The molecule has 1 N–H and O–H groups in total. The molecule has 4 aromatic rings. The Balaban J connectivity index is 0.000000373. The van der Waals surface area contributed by atoms with Crippen molar-refractivity contribution in [2.24, 2.45) is 0 Å². The number of rotatable bonds is 3. The second-order valence-corrected chi connectivity index (χ2v) is 7.15. The van der Waals surface area contributed by atoms with Gasteiger partial charge >= 0.3 is 0 Å². The van der Waals surface area contributed by atoms with Gasteiger partial charge in [0.05, 0.1) is 11.3 Å². The minimum absolute atomic E-state index is 0. The number of aliphatic hydroxyl groups excluding tert-OH is 1. The Bertz CT molecular complexity index is 1180. The molecule has 1 radical (unpaired) electrons. The molecule has 1 aromatic heterocycles. The fourth-order valence-corrected chi connectivity index (χ4v) is 3.04. The second-order valence-electron chi connectivity index (χ2n) is 7.15. The van der Waals surface area contributed by atoms with Gasteiger partial charge in [-0.3, -0.25) is 9.78 Å². The number of ketones is 1. The normalized spacial score (nSPS) is 10.6. The number of carbonyl (C=O) groups excluding carboxylic acids is 1. The summed E-state index contributed by atoms with van der Waals surface area (Å²) in [4.78, 5) is 14.8. The Hall–Kier alpha value is -3.07. The molecule has 0 atom stereocenters. The molecular formula is C27H24IrNO2-. The summed E-state index contributed by atoms with van der Waals surface area (Å²) in [5.41, 5.74) is 6.66. The standard InChI is InChI=1S/C22H16N.C5H8O2.Ir/c1-16-7-9-18(10-8-16)21-14-12-20-15-19(11-13-22(20)23-21)17-5-3-2-4-6-17;1-4(6)3-5(2)7;/h2-9,11-15H,1H3;3,6H,1-2H3;/q-1;;/b;4-3-;. The zero-order valence-electron chi connectivity index (χ0n) is 17.7. The minimum atomic E-state index is -0.125. The monoisotopic (exact) mass is 587 g/mol. The van der Waals surface area contributed by atoms with Gasteiger partial charge in [-0.2, -0.15) is 0 Å². The van der Waals surface area contributed by atoms with Crippen LogP contribution in [-0.2, 0) is 24.9 Å². The van der Waals surface area contributed by atoms with Crippen LogP contribution >= 0.6 is 0 Å². The first kappa shape index (κ1) is 24.2. The van der Waals surface area contributed by atoms with E-state index < -0.39 is 0 Å². The zero-order chi connectivity index (χ0) is 21.5. The average Bonchev–Trinajstić information content (AvgIpc) is 2.74. The summed E-state index contributed by atoms with van der Waals surface area (Å²) in [5.74, 6) is -0.0625. The fraction of sp³-hybridized carbons (Fsp3) is 0.111. The van der Waals surface area contributed by atoms with E-state index in [2.05, 4.69) is 79.7 Å². The van der Waals surface area contributed by atoms with Crippen LogP contribution in [0.15, 0.2) is 90.7 Å². The SMILES string of the molecule is CC(=O)/C=C(/C)O.Cc1c[c-]c(-c2ccc3cc(-c4ccccc4)ccc3n2)cc1.[Ir]. The van der Waals surface area contributed by atoms with Crippen molar-refractivity contribution in [1.82, 2.24) is 4.98 Å². The van der Waals surface area contributed by atoms with Gasteiger partial charge in [0.2, 0.25) is 0 Å². The summed E-state index contributed by atoms with van der Waals surface area (Å²) in [7, 11) is 0.